The molecule has 0 saturated carbocycles. The maximum atomic E-state index is 6.10. The maximum absolute atomic E-state index is 6.10. The molecule has 0 spiro atoms. The van der Waals surface area contributed by atoms with Crippen LogP contribution in [0.2, 0.25) is 0 Å². The number of nitrogens with one attached hydrogen (secondary N) is 1. The van der Waals surface area contributed by atoms with Crippen molar-refractivity contribution in [2.24, 2.45) is 0 Å². The minimum absolute atomic E-state index is 0.356. The van der Waals surface area contributed by atoms with E-state index in [1.165, 1.54) is 45.2 Å². The van der Waals surface area contributed by atoms with E-state index in [1.54, 1.807) is 0 Å². The van der Waals surface area contributed by atoms with E-state index in [-0.39, 0.29) is 0 Å². The highest BCUT2D eigenvalue weighted by Gasteiger charge is 2.54. The second kappa shape index (κ2) is 5.50. The summed E-state index contributed by atoms with van der Waals surface area (Å²) in [5.74, 6) is 0. The minimum atomic E-state index is 0.356. The van der Waals surface area contributed by atoms with Crippen molar-refractivity contribution in [3.05, 3.63) is 0 Å². The first-order valence-electron chi connectivity index (χ1n) is 6.99. The Morgan fingerprint density at radius 2 is 2.00 bits per heavy atom. The Bertz CT molecular complexity index is 266. The third kappa shape index (κ3) is 2.82. The highest BCUT2D eigenvalue weighted by Crippen LogP contribution is 2.41. The third-order valence-electron chi connectivity index (χ3n) is 4.09. The molecule has 3 fully saturated rings. The summed E-state index contributed by atoms with van der Waals surface area (Å²) in [5, 5.41) is 3.54. The lowest BCUT2D eigenvalue weighted by atomic mass is 10.1. The van der Waals surface area contributed by atoms with Crippen LogP contribution >= 0.6 is 9.39 Å². The third-order valence-corrected chi connectivity index (χ3v) is 4.69. The van der Waals surface area contributed by atoms with Crippen LogP contribution in [0.15, 0.2) is 0 Å². The van der Waals surface area contributed by atoms with Crippen LogP contribution in [0.3, 0.4) is 0 Å². The predicted molar refractivity (Wildman–Crippen MR) is 71.5 cm³/mol. The lowest BCUT2D eigenvalue weighted by Gasteiger charge is -2.31. The maximum Gasteiger partial charge on any atom is 0.144 e. The normalized spacial score (nSPS) is 47.5. The van der Waals surface area contributed by atoms with Gasteiger partial charge in [-0.1, -0.05) is 22.2 Å². The van der Waals surface area contributed by atoms with Crippen LogP contribution in [0.1, 0.15) is 32.1 Å². The highest BCUT2D eigenvalue weighted by molar-refractivity contribution is 7.13. The first-order chi connectivity index (χ1) is 8.36. The van der Waals surface area contributed by atoms with E-state index >= 15 is 0 Å². The predicted octanol–water partition coefficient (Wildman–Crippen LogP) is 0.999. The van der Waals surface area contributed by atoms with Crippen molar-refractivity contribution < 1.29 is 4.74 Å². The zero-order valence-corrected chi connectivity index (χ0v) is 11.6. The van der Waals surface area contributed by atoms with E-state index in [2.05, 4.69) is 24.3 Å². The van der Waals surface area contributed by atoms with Crippen LogP contribution in [0, 0.1) is 0 Å². The summed E-state index contributed by atoms with van der Waals surface area (Å²) in [5.41, 5.74) is 0. The molecule has 5 heteroatoms. The van der Waals surface area contributed by atoms with Crippen molar-refractivity contribution in [1.29, 1.82) is 0 Å². The van der Waals surface area contributed by atoms with Gasteiger partial charge in [-0.2, -0.15) is 0 Å². The van der Waals surface area contributed by atoms with E-state index in [9.17, 15) is 0 Å². The van der Waals surface area contributed by atoms with E-state index < -0.39 is 0 Å². The molecular formula is C12H24N3OP. The van der Waals surface area contributed by atoms with Gasteiger partial charge in [0, 0.05) is 13.1 Å². The Morgan fingerprint density at radius 3 is 2.94 bits per heavy atom. The molecule has 6 atom stereocenters. The summed E-state index contributed by atoms with van der Waals surface area (Å²) in [4.78, 5) is 2.61. The quantitative estimate of drug-likeness (QED) is 0.517. The van der Waals surface area contributed by atoms with Crippen LogP contribution in [0.25, 0.3) is 0 Å². The summed E-state index contributed by atoms with van der Waals surface area (Å²) >= 11 is 0. The van der Waals surface area contributed by atoms with Crippen molar-refractivity contribution in [1.82, 2.24) is 14.9 Å². The fraction of sp³-hybridized carbons (Fsp3) is 1.00. The number of morpholine rings is 1. The molecule has 0 aromatic rings. The highest BCUT2D eigenvalue weighted by atomic mass is 31.0. The number of ether oxygens (including phenoxy) is 1. The molecule has 3 heterocycles. The lowest BCUT2D eigenvalue weighted by Crippen LogP contribution is -2.43. The Morgan fingerprint density at radius 1 is 1.12 bits per heavy atom. The van der Waals surface area contributed by atoms with Gasteiger partial charge in [0.15, 0.2) is 0 Å². The molecule has 2 bridgehead atoms. The molecule has 3 saturated heterocycles. The van der Waals surface area contributed by atoms with Crippen molar-refractivity contribution in [3.63, 3.8) is 0 Å². The van der Waals surface area contributed by atoms with Crippen molar-refractivity contribution in [2.75, 3.05) is 26.2 Å². The van der Waals surface area contributed by atoms with Crippen molar-refractivity contribution in [2.45, 2.75) is 50.6 Å². The smallest absolute Gasteiger partial charge is 0.144 e. The van der Waals surface area contributed by atoms with Gasteiger partial charge in [0.2, 0.25) is 0 Å². The molecule has 3 aliphatic heterocycles. The number of fused-ring (bicyclic) bond motifs is 4. The monoisotopic (exact) mass is 257 g/mol. The molecule has 1 N–H and O–H groups in total. The first kappa shape index (κ1) is 12.3. The molecule has 98 valence electrons. The number of nitrogens with zero attached hydrogens (tertiary/aromatic N) is 2. The van der Waals surface area contributed by atoms with E-state index in [4.69, 9.17) is 4.74 Å². The van der Waals surface area contributed by atoms with E-state index in [0.29, 0.717) is 18.5 Å². The zero-order chi connectivity index (χ0) is 11.7. The molecule has 0 radical (unpaired) electrons. The molecular weight excluding hydrogens is 233 g/mol. The van der Waals surface area contributed by atoms with Gasteiger partial charge in [0.1, 0.15) is 12.4 Å². The lowest BCUT2D eigenvalue weighted by molar-refractivity contribution is -0.0422. The van der Waals surface area contributed by atoms with Crippen LogP contribution in [0.4, 0.5) is 0 Å². The average Bonchev–Trinajstić information content (AvgIpc) is 2.97. The largest absolute Gasteiger partial charge is 0.355 e. The average molecular weight is 257 g/mol. The Hall–Kier alpha value is 0.270. The molecule has 17 heavy (non-hydrogen) atoms. The Labute approximate surface area is 106 Å². The van der Waals surface area contributed by atoms with Gasteiger partial charge in [-0.15, -0.1) is 0 Å². The fourth-order valence-electron chi connectivity index (χ4n) is 3.05. The Kier molecular flexibility index (Phi) is 3.98. The van der Waals surface area contributed by atoms with Gasteiger partial charge in [-0.3, -0.25) is 4.90 Å². The van der Waals surface area contributed by atoms with Crippen LogP contribution in [-0.4, -0.2) is 54.2 Å². The second-order valence-corrected chi connectivity index (χ2v) is 6.05. The van der Waals surface area contributed by atoms with Gasteiger partial charge in [0.05, 0.1) is 6.10 Å². The van der Waals surface area contributed by atoms with Gasteiger partial charge >= 0.3 is 0 Å². The summed E-state index contributed by atoms with van der Waals surface area (Å²) in [7, 11) is 2.80. The molecule has 6 unspecified atom stereocenters. The van der Waals surface area contributed by atoms with E-state index in [0.717, 1.165) is 13.1 Å². The summed E-state index contributed by atoms with van der Waals surface area (Å²) in [6.45, 7) is 4.69. The van der Waals surface area contributed by atoms with Gasteiger partial charge in [-0.05, 0) is 32.4 Å². The van der Waals surface area contributed by atoms with E-state index in [1.807, 2.05) is 0 Å². The zero-order valence-electron chi connectivity index (χ0n) is 10.5. The van der Waals surface area contributed by atoms with Crippen molar-refractivity contribution in [3.8, 4) is 0 Å². The summed E-state index contributed by atoms with van der Waals surface area (Å²) < 4.78 is 8.37. The summed E-state index contributed by atoms with van der Waals surface area (Å²) in [6, 6.07) is 0. The van der Waals surface area contributed by atoms with Gasteiger partial charge < -0.3 is 10.1 Å². The number of rotatable bonds is 0. The molecule has 0 amide bonds. The van der Waals surface area contributed by atoms with Crippen LogP contribution < -0.4 is 5.32 Å². The molecule has 0 aliphatic carbocycles. The number of hydrogen-bond acceptors (Lipinski definition) is 4. The first-order valence-corrected chi connectivity index (χ1v) is 7.51. The van der Waals surface area contributed by atoms with Gasteiger partial charge in [-0.25, -0.2) is 4.67 Å². The van der Waals surface area contributed by atoms with Gasteiger partial charge in [0.25, 0.3) is 0 Å². The molecule has 4 nitrogen and oxygen atoms in total. The standard InChI is InChI=1S/C12H24N3OP/c17-15-11-12(15)16-10-5-2-1-3-6-13-7-4-8-14(11)9-10/h10-13H,1-9,17H2. The summed E-state index contributed by atoms with van der Waals surface area (Å²) in [6.07, 6.45) is 7.83. The molecule has 0 aromatic heterocycles. The molecule has 0 aromatic carbocycles. The second-order valence-electron chi connectivity index (χ2n) is 5.46. The topological polar surface area (TPSA) is 27.5 Å². The van der Waals surface area contributed by atoms with Crippen LogP contribution in [-0.2, 0) is 4.74 Å². The SMILES string of the molecule is PN1C2OC3CCCCCNCCCN(C3)C21. The molecule has 3 aliphatic rings. The minimum Gasteiger partial charge on any atom is -0.355 e. The molecule has 3 rings (SSSR count). The van der Waals surface area contributed by atoms with Crippen molar-refractivity contribution >= 4 is 9.39 Å². The number of hydrogen-bond donors (Lipinski definition) is 1. The fourth-order valence-corrected chi connectivity index (χ4v) is 3.53. The van der Waals surface area contributed by atoms with Crippen LogP contribution in [0.5, 0.6) is 0 Å². The Balaban J connectivity index is 1.59.